The molecule has 2 aromatic rings. The van der Waals surface area contributed by atoms with Crippen molar-refractivity contribution in [3.05, 3.63) is 53.1 Å². The number of imide groups is 1. The van der Waals surface area contributed by atoms with Gasteiger partial charge in [0.25, 0.3) is 11.8 Å². The van der Waals surface area contributed by atoms with E-state index in [-0.39, 0.29) is 10.6 Å². The minimum absolute atomic E-state index is 0.118. The van der Waals surface area contributed by atoms with Gasteiger partial charge in [-0.2, -0.15) is 0 Å². The van der Waals surface area contributed by atoms with Crippen LogP contribution in [-0.4, -0.2) is 32.6 Å². The van der Waals surface area contributed by atoms with Crippen molar-refractivity contribution in [3.8, 4) is 17.2 Å². The predicted molar refractivity (Wildman–Crippen MR) is 107 cm³/mol. The van der Waals surface area contributed by atoms with Gasteiger partial charge >= 0.3 is 0 Å². The number of methoxy groups -OCH3 is 2. The van der Waals surface area contributed by atoms with Crippen LogP contribution in [-0.2, 0) is 9.59 Å². The molecule has 1 heterocycles. The van der Waals surface area contributed by atoms with Gasteiger partial charge in [-0.25, -0.2) is 4.90 Å². The standard InChI is InChI=1S/C21H20ClNO5/c1-4-10-28-15-7-5-6-14(12-15)23-20(24)18(19(22)21(23)25)13-8-9-16(26-2)17(11-13)27-3/h5-9,11-12H,4,10H2,1-3H3. The molecule has 0 bridgehead atoms. The smallest absolute Gasteiger partial charge is 0.277 e. The van der Waals surface area contributed by atoms with Crippen LogP contribution in [0, 0.1) is 0 Å². The number of halogens is 1. The molecule has 3 rings (SSSR count). The third kappa shape index (κ3) is 3.55. The van der Waals surface area contributed by atoms with Crippen LogP contribution in [0.3, 0.4) is 0 Å². The Labute approximate surface area is 168 Å². The largest absolute Gasteiger partial charge is 0.494 e. The van der Waals surface area contributed by atoms with E-state index >= 15 is 0 Å². The molecular formula is C21H20ClNO5. The summed E-state index contributed by atoms with van der Waals surface area (Å²) in [4.78, 5) is 26.8. The van der Waals surface area contributed by atoms with Crippen molar-refractivity contribution in [2.75, 3.05) is 25.7 Å². The van der Waals surface area contributed by atoms with Gasteiger partial charge in [0.15, 0.2) is 11.5 Å². The number of anilines is 1. The third-order valence-corrected chi connectivity index (χ3v) is 4.60. The van der Waals surface area contributed by atoms with Crippen LogP contribution in [0.4, 0.5) is 5.69 Å². The van der Waals surface area contributed by atoms with Crippen LogP contribution in [0.15, 0.2) is 47.5 Å². The summed E-state index contributed by atoms with van der Waals surface area (Å²) < 4.78 is 16.1. The molecule has 6 nitrogen and oxygen atoms in total. The zero-order chi connectivity index (χ0) is 20.3. The highest BCUT2D eigenvalue weighted by Gasteiger charge is 2.39. The van der Waals surface area contributed by atoms with Crippen LogP contribution < -0.4 is 19.1 Å². The lowest BCUT2D eigenvalue weighted by Gasteiger charge is -2.16. The number of hydrogen-bond acceptors (Lipinski definition) is 5. The summed E-state index contributed by atoms with van der Waals surface area (Å²) in [6.45, 7) is 2.54. The first kappa shape index (κ1) is 19.8. The molecule has 2 amide bonds. The summed E-state index contributed by atoms with van der Waals surface area (Å²) in [6, 6.07) is 11.7. The van der Waals surface area contributed by atoms with Gasteiger partial charge in [0.2, 0.25) is 0 Å². The van der Waals surface area contributed by atoms with E-state index in [0.29, 0.717) is 35.1 Å². The zero-order valence-electron chi connectivity index (χ0n) is 15.8. The van der Waals surface area contributed by atoms with Gasteiger partial charge in [0.05, 0.1) is 32.1 Å². The van der Waals surface area contributed by atoms with Gasteiger partial charge in [0, 0.05) is 6.07 Å². The molecule has 0 unspecified atom stereocenters. The first-order valence-corrected chi connectivity index (χ1v) is 9.13. The predicted octanol–water partition coefficient (Wildman–Crippen LogP) is 4.02. The number of carbonyl (C=O) groups excluding carboxylic acids is 2. The first-order chi connectivity index (χ1) is 13.5. The molecular weight excluding hydrogens is 382 g/mol. The number of amides is 2. The van der Waals surface area contributed by atoms with Crippen molar-refractivity contribution >= 4 is 34.7 Å². The Balaban J connectivity index is 1.97. The lowest BCUT2D eigenvalue weighted by molar-refractivity contribution is -0.119. The summed E-state index contributed by atoms with van der Waals surface area (Å²) in [6.07, 6.45) is 0.850. The Kier molecular flexibility index (Phi) is 5.90. The monoisotopic (exact) mass is 401 g/mol. The van der Waals surface area contributed by atoms with E-state index in [1.807, 2.05) is 6.92 Å². The number of hydrogen-bond donors (Lipinski definition) is 0. The fourth-order valence-electron chi connectivity index (χ4n) is 2.91. The van der Waals surface area contributed by atoms with Crippen molar-refractivity contribution in [1.29, 1.82) is 0 Å². The van der Waals surface area contributed by atoms with Crippen LogP contribution in [0.25, 0.3) is 5.57 Å². The van der Waals surface area contributed by atoms with Crippen LogP contribution >= 0.6 is 11.6 Å². The minimum Gasteiger partial charge on any atom is -0.494 e. The molecule has 0 aliphatic carbocycles. The maximum atomic E-state index is 13.1. The van der Waals surface area contributed by atoms with E-state index in [1.54, 1.807) is 42.5 Å². The molecule has 0 fully saturated rings. The van der Waals surface area contributed by atoms with Crippen LogP contribution in [0.5, 0.6) is 17.2 Å². The maximum Gasteiger partial charge on any atom is 0.277 e. The summed E-state index contributed by atoms with van der Waals surface area (Å²) >= 11 is 6.26. The molecule has 28 heavy (non-hydrogen) atoms. The van der Waals surface area contributed by atoms with E-state index in [1.165, 1.54) is 14.2 Å². The molecule has 0 aromatic heterocycles. The lowest BCUT2D eigenvalue weighted by atomic mass is 10.1. The summed E-state index contributed by atoms with van der Waals surface area (Å²) in [5, 5.41) is -0.142. The highest BCUT2D eigenvalue weighted by atomic mass is 35.5. The quantitative estimate of drug-likeness (QED) is 0.656. The lowest BCUT2D eigenvalue weighted by Crippen LogP contribution is -2.31. The molecule has 0 N–H and O–H groups in total. The topological polar surface area (TPSA) is 65.1 Å². The van der Waals surface area contributed by atoms with E-state index < -0.39 is 11.8 Å². The van der Waals surface area contributed by atoms with Crippen molar-refractivity contribution in [2.45, 2.75) is 13.3 Å². The van der Waals surface area contributed by atoms with Crippen molar-refractivity contribution < 1.29 is 23.8 Å². The van der Waals surface area contributed by atoms with Gasteiger partial charge in [-0.05, 0) is 36.2 Å². The molecule has 1 aliphatic heterocycles. The van der Waals surface area contributed by atoms with Gasteiger partial charge in [-0.3, -0.25) is 9.59 Å². The molecule has 1 aliphatic rings. The van der Waals surface area contributed by atoms with E-state index in [2.05, 4.69) is 0 Å². The fourth-order valence-corrected chi connectivity index (χ4v) is 3.19. The number of rotatable bonds is 7. The third-order valence-electron chi connectivity index (χ3n) is 4.25. The van der Waals surface area contributed by atoms with E-state index in [9.17, 15) is 9.59 Å². The molecule has 146 valence electrons. The van der Waals surface area contributed by atoms with Crippen molar-refractivity contribution in [1.82, 2.24) is 0 Å². The van der Waals surface area contributed by atoms with Gasteiger partial charge in [-0.15, -0.1) is 0 Å². The molecule has 0 radical (unpaired) electrons. The van der Waals surface area contributed by atoms with Crippen molar-refractivity contribution in [3.63, 3.8) is 0 Å². The Bertz CT molecular complexity index is 954. The molecule has 0 saturated heterocycles. The van der Waals surface area contributed by atoms with E-state index in [4.69, 9.17) is 25.8 Å². The highest BCUT2D eigenvalue weighted by Crippen LogP contribution is 2.38. The average molecular weight is 402 g/mol. The minimum atomic E-state index is -0.580. The summed E-state index contributed by atoms with van der Waals surface area (Å²) in [5.74, 6) is 0.442. The first-order valence-electron chi connectivity index (χ1n) is 8.75. The average Bonchev–Trinajstić information content (AvgIpc) is 2.94. The Morgan fingerprint density at radius 2 is 1.71 bits per heavy atom. The Morgan fingerprint density at radius 3 is 2.39 bits per heavy atom. The highest BCUT2D eigenvalue weighted by molar-refractivity contribution is 6.60. The van der Waals surface area contributed by atoms with Gasteiger partial charge in [0.1, 0.15) is 10.8 Å². The van der Waals surface area contributed by atoms with Gasteiger partial charge in [-0.1, -0.05) is 30.7 Å². The summed E-state index contributed by atoms with van der Waals surface area (Å²) in [5.41, 5.74) is 0.992. The fraction of sp³-hybridized carbons (Fsp3) is 0.238. The second kappa shape index (κ2) is 8.35. The molecule has 0 saturated carbocycles. The second-order valence-corrected chi connectivity index (χ2v) is 6.43. The maximum absolute atomic E-state index is 13.1. The molecule has 0 atom stereocenters. The van der Waals surface area contributed by atoms with Crippen LogP contribution in [0.1, 0.15) is 18.9 Å². The molecule has 7 heteroatoms. The second-order valence-electron chi connectivity index (χ2n) is 6.05. The van der Waals surface area contributed by atoms with Crippen molar-refractivity contribution in [2.24, 2.45) is 0 Å². The van der Waals surface area contributed by atoms with Crippen LogP contribution in [0.2, 0.25) is 0 Å². The zero-order valence-corrected chi connectivity index (χ0v) is 16.6. The normalized spacial score (nSPS) is 13.9. The summed E-state index contributed by atoms with van der Waals surface area (Å²) in [7, 11) is 3.01. The van der Waals surface area contributed by atoms with E-state index in [0.717, 1.165) is 11.3 Å². The number of ether oxygens (including phenoxy) is 3. The molecule has 0 spiro atoms. The number of carbonyl (C=O) groups is 2. The van der Waals surface area contributed by atoms with Gasteiger partial charge < -0.3 is 14.2 Å². The Morgan fingerprint density at radius 1 is 0.964 bits per heavy atom. The Hall–Kier alpha value is -2.99. The SMILES string of the molecule is CCCOc1cccc(N2C(=O)C(Cl)=C(c3ccc(OC)c(OC)c3)C2=O)c1. The molecule has 2 aromatic carbocycles. The number of benzene rings is 2. The number of nitrogens with zero attached hydrogens (tertiary/aromatic N) is 1.